The Balaban J connectivity index is 2.05. The first-order valence-corrected chi connectivity index (χ1v) is 10.8. The van der Waals surface area contributed by atoms with Crippen LogP contribution in [-0.2, 0) is 14.8 Å². The van der Waals surface area contributed by atoms with Crippen LogP contribution in [0.5, 0.6) is 11.5 Å². The lowest BCUT2D eigenvalue weighted by atomic mass is 10.2. The number of nitrogens with one attached hydrogen (secondary N) is 1. The fourth-order valence-electron chi connectivity index (χ4n) is 2.94. The molecule has 3 aromatic rings. The van der Waals surface area contributed by atoms with Gasteiger partial charge in [-0.25, -0.2) is 17.2 Å². The number of halogens is 2. The molecule has 0 radical (unpaired) electrons. The third-order valence-electron chi connectivity index (χ3n) is 4.50. The number of sulfonamides is 1. The van der Waals surface area contributed by atoms with Gasteiger partial charge >= 0.3 is 0 Å². The second-order valence-corrected chi connectivity index (χ2v) is 8.37. The number of amides is 1. The number of para-hydroxylation sites is 1. The fourth-order valence-corrected chi connectivity index (χ4v) is 4.39. The van der Waals surface area contributed by atoms with Crippen molar-refractivity contribution in [3.63, 3.8) is 0 Å². The lowest BCUT2D eigenvalue weighted by Crippen LogP contribution is -2.38. The molecule has 0 saturated carbocycles. The van der Waals surface area contributed by atoms with E-state index >= 15 is 0 Å². The Morgan fingerprint density at radius 3 is 2.19 bits per heavy atom. The molecule has 0 bridgehead atoms. The van der Waals surface area contributed by atoms with Crippen LogP contribution in [0.25, 0.3) is 0 Å². The molecule has 1 amide bonds. The molecule has 0 unspecified atom stereocenters. The summed E-state index contributed by atoms with van der Waals surface area (Å²) in [6, 6.07) is 14.9. The Morgan fingerprint density at radius 1 is 0.938 bits per heavy atom. The zero-order valence-corrected chi connectivity index (χ0v) is 18.0. The minimum atomic E-state index is -4.25. The molecule has 10 heteroatoms. The van der Waals surface area contributed by atoms with Gasteiger partial charge in [0.05, 0.1) is 24.8 Å². The van der Waals surface area contributed by atoms with E-state index < -0.39 is 39.8 Å². The first kappa shape index (κ1) is 23.0. The van der Waals surface area contributed by atoms with Crippen molar-refractivity contribution in [2.24, 2.45) is 0 Å². The topological polar surface area (TPSA) is 84.9 Å². The van der Waals surface area contributed by atoms with Crippen LogP contribution >= 0.6 is 0 Å². The maximum Gasteiger partial charge on any atom is 0.264 e. The van der Waals surface area contributed by atoms with Crippen molar-refractivity contribution < 1.29 is 31.5 Å². The van der Waals surface area contributed by atoms with Crippen molar-refractivity contribution in [3.8, 4) is 11.5 Å². The molecule has 0 fully saturated rings. The number of hydrogen-bond donors (Lipinski definition) is 1. The lowest BCUT2D eigenvalue weighted by molar-refractivity contribution is -0.114. The predicted molar refractivity (Wildman–Crippen MR) is 116 cm³/mol. The first-order chi connectivity index (χ1) is 15.3. The molecule has 0 saturated heterocycles. The summed E-state index contributed by atoms with van der Waals surface area (Å²) in [4.78, 5) is 12.6. The number of hydrogen-bond acceptors (Lipinski definition) is 5. The average Bonchev–Trinajstić information content (AvgIpc) is 2.80. The second-order valence-electron chi connectivity index (χ2n) is 6.51. The molecular formula is C22H20F2N2O5S. The van der Waals surface area contributed by atoms with E-state index in [0.717, 1.165) is 22.5 Å². The fraction of sp³-hybridized carbons (Fsp3) is 0.136. The van der Waals surface area contributed by atoms with Crippen LogP contribution in [0.2, 0.25) is 0 Å². The van der Waals surface area contributed by atoms with Crippen molar-refractivity contribution in [1.82, 2.24) is 0 Å². The summed E-state index contributed by atoms with van der Waals surface area (Å²) >= 11 is 0. The highest BCUT2D eigenvalue weighted by molar-refractivity contribution is 7.92. The molecule has 0 aliphatic carbocycles. The van der Waals surface area contributed by atoms with Gasteiger partial charge in [-0.3, -0.25) is 9.10 Å². The molecule has 7 nitrogen and oxygen atoms in total. The summed E-state index contributed by atoms with van der Waals surface area (Å²) in [6.45, 7) is -0.770. The molecule has 0 heterocycles. The van der Waals surface area contributed by atoms with Gasteiger partial charge in [-0.2, -0.15) is 0 Å². The van der Waals surface area contributed by atoms with Crippen LogP contribution in [0.3, 0.4) is 0 Å². The highest BCUT2D eigenvalue weighted by atomic mass is 32.2. The van der Waals surface area contributed by atoms with E-state index in [1.807, 2.05) is 0 Å². The average molecular weight is 462 g/mol. The summed E-state index contributed by atoms with van der Waals surface area (Å²) in [5.41, 5.74) is -0.627. The van der Waals surface area contributed by atoms with Crippen LogP contribution in [0.15, 0.2) is 71.6 Å². The van der Waals surface area contributed by atoms with E-state index in [4.69, 9.17) is 9.47 Å². The monoisotopic (exact) mass is 462 g/mol. The number of carbonyl (C=O) groups is 1. The molecular weight excluding hydrogens is 442 g/mol. The number of methoxy groups -OCH3 is 2. The Hall–Kier alpha value is -3.66. The van der Waals surface area contributed by atoms with Gasteiger partial charge < -0.3 is 14.8 Å². The summed E-state index contributed by atoms with van der Waals surface area (Å²) < 4.78 is 65.9. The minimum absolute atomic E-state index is 0.0429. The minimum Gasteiger partial charge on any atom is -0.497 e. The zero-order chi connectivity index (χ0) is 23.3. The normalized spacial score (nSPS) is 11.0. The van der Waals surface area contributed by atoms with Gasteiger partial charge in [0, 0.05) is 6.07 Å². The van der Waals surface area contributed by atoms with Crippen LogP contribution in [0.4, 0.5) is 20.2 Å². The van der Waals surface area contributed by atoms with E-state index in [9.17, 15) is 22.0 Å². The Kier molecular flexibility index (Phi) is 6.94. The third-order valence-corrected chi connectivity index (χ3v) is 6.28. The number of rotatable bonds is 8. The van der Waals surface area contributed by atoms with Crippen LogP contribution < -0.4 is 19.1 Å². The Bertz CT molecular complexity index is 1200. The molecule has 168 valence electrons. The highest BCUT2D eigenvalue weighted by Gasteiger charge is 2.30. The molecule has 32 heavy (non-hydrogen) atoms. The number of ether oxygens (including phenoxy) is 2. The standard InChI is InChI=1S/C22H20F2N2O5S/c1-30-15-11-12-19(20(13-15)31-2)26(32(28,29)16-7-4-3-5-8-16)14-21(27)25-22-17(23)9-6-10-18(22)24/h3-13H,14H2,1-2H3,(H,25,27). The molecule has 3 aromatic carbocycles. The number of carbonyl (C=O) groups excluding carboxylic acids is 1. The number of anilines is 2. The van der Waals surface area contributed by atoms with Gasteiger partial charge in [0.25, 0.3) is 10.0 Å². The molecule has 0 aliphatic heterocycles. The van der Waals surface area contributed by atoms with Crippen LogP contribution in [0, 0.1) is 11.6 Å². The van der Waals surface area contributed by atoms with Gasteiger partial charge in [-0.1, -0.05) is 24.3 Å². The van der Waals surface area contributed by atoms with Gasteiger partial charge in [0.2, 0.25) is 5.91 Å². The van der Waals surface area contributed by atoms with E-state index in [2.05, 4.69) is 5.32 Å². The van der Waals surface area contributed by atoms with Crippen LogP contribution in [0.1, 0.15) is 0 Å². The molecule has 1 N–H and O–H groups in total. The van der Waals surface area contributed by atoms with Crippen molar-refractivity contribution in [1.29, 1.82) is 0 Å². The first-order valence-electron chi connectivity index (χ1n) is 9.31. The third kappa shape index (κ3) is 4.80. The SMILES string of the molecule is COc1ccc(N(CC(=O)Nc2c(F)cccc2F)S(=O)(=O)c2ccccc2)c(OC)c1. The number of nitrogens with zero attached hydrogens (tertiary/aromatic N) is 1. The molecule has 0 spiro atoms. The van der Waals surface area contributed by atoms with Gasteiger partial charge in [-0.15, -0.1) is 0 Å². The van der Waals surface area contributed by atoms with E-state index in [1.54, 1.807) is 6.07 Å². The summed E-state index contributed by atoms with van der Waals surface area (Å²) in [5.74, 6) is -2.41. The quantitative estimate of drug-likeness (QED) is 0.550. The van der Waals surface area contributed by atoms with Crippen molar-refractivity contribution in [3.05, 3.63) is 78.4 Å². The van der Waals surface area contributed by atoms with Gasteiger partial charge in [0.1, 0.15) is 35.4 Å². The van der Waals surface area contributed by atoms with Gasteiger partial charge in [0.15, 0.2) is 0 Å². The molecule has 0 aromatic heterocycles. The smallest absolute Gasteiger partial charge is 0.264 e. The summed E-state index contributed by atoms with van der Waals surface area (Å²) in [6.07, 6.45) is 0. The van der Waals surface area contributed by atoms with Crippen molar-refractivity contribution >= 4 is 27.3 Å². The second kappa shape index (κ2) is 9.65. The Morgan fingerprint density at radius 2 is 1.59 bits per heavy atom. The van der Waals surface area contributed by atoms with Crippen molar-refractivity contribution in [2.45, 2.75) is 4.90 Å². The van der Waals surface area contributed by atoms with E-state index in [0.29, 0.717) is 5.75 Å². The maximum absolute atomic E-state index is 14.0. The lowest BCUT2D eigenvalue weighted by Gasteiger charge is -2.26. The van der Waals surface area contributed by atoms with Crippen LogP contribution in [-0.4, -0.2) is 35.1 Å². The maximum atomic E-state index is 14.0. The summed E-state index contributed by atoms with van der Waals surface area (Å²) in [7, 11) is -1.48. The Labute approximate surface area is 184 Å². The predicted octanol–water partition coefficient (Wildman–Crippen LogP) is 3.82. The number of benzene rings is 3. The van der Waals surface area contributed by atoms with E-state index in [-0.39, 0.29) is 16.3 Å². The highest BCUT2D eigenvalue weighted by Crippen LogP contribution is 2.35. The molecule has 0 aliphatic rings. The van der Waals surface area contributed by atoms with Crippen molar-refractivity contribution in [2.75, 3.05) is 30.4 Å². The summed E-state index contributed by atoms with van der Waals surface area (Å²) in [5, 5.41) is 2.10. The largest absolute Gasteiger partial charge is 0.497 e. The zero-order valence-electron chi connectivity index (χ0n) is 17.2. The van der Waals surface area contributed by atoms with Gasteiger partial charge in [-0.05, 0) is 36.4 Å². The molecule has 3 rings (SSSR count). The van der Waals surface area contributed by atoms with E-state index in [1.165, 1.54) is 56.7 Å². The molecule has 0 atom stereocenters.